The third-order valence-electron chi connectivity index (χ3n) is 7.38. The number of nitrogens with one attached hydrogen (secondary N) is 3. The largest absolute Gasteiger partial charge is 0.419 e. The van der Waals surface area contributed by atoms with Crippen LogP contribution in [0.15, 0.2) is 48.5 Å². The molecule has 0 spiro atoms. The van der Waals surface area contributed by atoms with Crippen molar-refractivity contribution < 1.29 is 58.3 Å². The molecule has 3 aromatic carbocycles. The van der Waals surface area contributed by atoms with E-state index in [1.807, 2.05) is 0 Å². The van der Waals surface area contributed by atoms with E-state index in [4.69, 9.17) is 34.8 Å². The number of alkyl halides is 9. The van der Waals surface area contributed by atoms with Crippen molar-refractivity contribution in [2.45, 2.75) is 48.0 Å². The van der Waals surface area contributed by atoms with E-state index in [9.17, 15) is 53.9 Å². The highest BCUT2D eigenvalue weighted by Crippen LogP contribution is 2.65. The summed E-state index contributed by atoms with van der Waals surface area (Å²) in [6.45, 7) is -0.0620. The fraction of sp³-hybridized carbons (Fsp3) is 0.300. The number of hydrogen-bond acceptors (Lipinski definition) is 3. The number of carbonyl (C=O) groups is 3. The Morgan fingerprint density at radius 1 is 0.837 bits per heavy atom. The van der Waals surface area contributed by atoms with E-state index < -0.39 is 105 Å². The van der Waals surface area contributed by atoms with Crippen LogP contribution in [0.2, 0.25) is 5.02 Å². The van der Waals surface area contributed by atoms with E-state index in [-0.39, 0.29) is 23.2 Å². The molecule has 2 atom stereocenters. The van der Waals surface area contributed by atoms with Crippen molar-refractivity contribution >= 4 is 69.6 Å². The molecule has 0 unspecified atom stereocenters. The molecule has 3 aromatic rings. The Bertz CT molecular complexity index is 1820. The fourth-order valence-corrected chi connectivity index (χ4v) is 5.70. The lowest BCUT2D eigenvalue weighted by Crippen LogP contribution is -2.38. The maximum atomic E-state index is 15.1. The number of amides is 3. The predicted molar refractivity (Wildman–Crippen MR) is 160 cm³/mol. The van der Waals surface area contributed by atoms with Crippen LogP contribution in [0.4, 0.5) is 61.0 Å². The maximum Gasteiger partial charge on any atom is 0.419 e. The van der Waals surface area contributed by atoms with Gasteiger partial charge in [0.2, 0.25) is 11.8 Å². The lowest BCUT2D eigenvalue weighted by Gasteiger charge is -2.22. The summed E-state index contributed by atoms with van der Waals surface area (Å²) in [6.07, 6.45) is -7.93. The summed E-state index contributed by atoms with van der Waals surface area (Å²) < 4.78 is 134. The molecule has 3 amide bonds. The van der Waals surface area contributed by atoms with E-state index in [2.05, 4.69) is 10.6 Å². The van der Waals surface area contributed by atoms with Gasteiger partial charge in [0.25, 0.3) is 5.91 Å². The number of anilines is 3. The summed E-state index contributed by atoms with van der Waals surface area (Å²) in [5, 5.41) is 5.83. The van der Waals surface area contributed by atoms with E-state index >= 15 is 4.39 Å². The van der Waals surface area contributed by atoms with Crippen molar-refractivity contribution in [1.82, 2.24) is 0 Å². The van der Waals surface area contributed by atoms with Crippen LogP contribution in [-0.2, 0) is 15.8 Å². The standard InChI is InChI=1S/C30H20Cl3F10N3O3/c1-27(37,38)28(39,40)9-8-20(47)46-24-18(35)6-7-19(23(24)36)45-25(48)14-11-13(3-4-16(14)31)44-26(49)22-21(29(22,32)33)12-2-5-17(34)15(10-12)30(41,42)43/h2-7,10-11,21-22H,8-9H2,1H3,(H,44,49)(H,45,48)(H,46,47)/t21-,22+/m0/s1. The monoisotopic (exact) mass is 765 g/mol. The second kappa shape index (κ2) is 13.5. The second-order valence-electron chi connectivity index (χ2n) is 10.9. The van der Waals surface area contributed by atoms with Gasteiger partial charge in [0.15, 0.2) is 5.82 Å². The van der Waals surface area contributed by atoms with Gasteiger partial charge in [-0.3, -0.25) is 14.4 Å². The first-order valence-corrected chi connectivity index (χ1v) is 14.8. The van der Waals surface area contributed by atoms with Crippen molar-refractivity contribution in [3.05, 3.63) is 87.7 Å². The maximum absolute atomic E-state index is 15.1. The lowest BCUT2D eigenvalue weighted by atomic mass is 10.0. The van der Waals surface area contributed by atoms with Crippen molar-refractivity contribution in [1.29, 1.82) is 0 Å². The number of rotatable bonds is 10. The van der Waals surface area contributed by atoms with Crippen LogP contribution in [0.3, 0.4) is 0 Å². The molecule has 0 aliphatic heterocycles. The summed E-state index contributed by atoms with van der Waals surface area (Å²) in [4.78, 5) is 38.1. The highest BCUT2D eigenvalue weighted by atomic mass is 35.5. The zero-order valence-corrected chi connectivity index (χ0v) is 26.6. The van der Waals surface area contributed by atoms with Crippen molar-refractivity contribution in [2.24, 2.45) is 5.92 Å². The van der Waals surface area contributed by atoms with Crippen LogP contribution in [0, 0.1) is 23.4 Å². The Hall–Kier alpha value is -3.76. The van der Waals surface area contributed by atoms with E-state index in [1.165, 1.54) is 6.07 Å². The molecular formula is C30H20Cl3F10N3O3. The van der Waals surface area contributed by atoms with Gasteiger partial charge in [-0.15, -0.1) is 23.2 Å². The molecule has 1 fully saturated rings. The average Bonchev–Trinajstić information content (AvgIpc) is 3.57. The van der Waals surface area contributed by atoms with Crippen LogP contribution in [0.5, 0.6) is 0 Å². The minimum absolute atomic E-state index is 0.0620. The Balaban J connectivity index is 1.48. The van der Waals surface area contributed by atoms with Gasteiger partial charge in [-0.2, -0.15) is 22.0 Å². The molecule has 264 valence electrons. The molecule has 3 N–H and O–H groups in total. The molecular weight excluding hydrogens is 747 g/mol. The van der Waals surface area contributed by atoms with E-state index in [0.717, 1.165) is 24.3 Å². The molecule has 0 heterocycles. The molecule has 1 aliphatic carbocycles. The third kappa shape index (κ3) is 8.18. The Kier molecular flexibility index (Phi) is 10.5. The molecule has 1 aliphatic rings. The normalized spacial score (nSPS) is 17.3. The average molecular weight is 767 g/mol. The Morgan fingerprint density at radius 3 is 2.08 bits per heavy atom. The smallest absolute Gasteiger partial charge is 0.326 e. The Labute approximate surface area is 285 Å². The van der Waals surface area contributed by atoms with Gasteiger partial charge in [0.1, 0.15) is 21.7 Å². The summed E-state index contributed by atoms with van der Waals surface area (Å²) in [7, 11) is 0. The molecule has 6 nitrogen and oxygen atoms in total. The summed E-state index contributed by atoms with van der Waals surface area (Å²) >= 11 is 18.5. The molecule has 0 saturated heterocycles. The number of carbonyl (C=O) groups excluding carboxylic acids is 3. The van der Waals surface area contributed by atoms with E-state index in [0.29, 0.717) is 18.2 Å². The molecule has 0 radical (unpaired) electrons. The zero-order chi connectivity index (χ0) is 36.9. The van der Waals surface area contributed by atoms with Crippen LogP contribution >= 0.6 is 34.8 Å². The minimum Gasteiger partial charge on any atom is -0.326 e. The van der Waals surface area contributed by atoms with Gasteiger partial charge in [0, 0.05) is 31.4 Å². The first-order chi connectivity index (χ1) is 22.5. The van der Waals surface area contributed by atoms with Gasteiger partial charge < -0.3 is 16.0 Å². The highest BCUT2D eigenvalue weighted by Gasteiger charge is 2.67. The summed E-state index contributed by atoms with van der Waals surface area (Å²) in [5.41, 5.74) is -4.22. The van der Waals surface area contributed by atoms with Crippen molar-refractivity contribution in [3.8, 4) is 0 Å². The third-order valence-corrected chi connectivity index (χ3v) is 8.65. The van der Waals surface area contributed by atoms with Gasteiger partial charge in [0.05, 0.1) is 27.8 Å². The molecule has 1 saturated carbocycles. The molecule has 0 aromatic heterocycles. The number of hydrogen-bond donors (Lipinski definition) is 3. The Morgan fingerprint density at radius 2 is 1.47 bits per heavy atom. The highest BCUT2D eigenvalue weighted by molar-refractivity contribution is 6.53. The molecule has 0 bridgehead atoms. The van der Waals surface area contributed by atoms with E-state index in [1.54, 1.807) is 5.32 Å². The first-order valence-electron chi connectivity index (χ1n) is 13.7. The van der Waals surface area contributed by atoms with Crippen molar-refractivity contribution in [3.63, 3.8) is 0 Å². The van der Waals surface area contributed by atoms with Crippen LogP contribution < -0.4 is 16.0 Å². The quantitative estimate of drug-likeness (QED) is 0.142. The van der Waals surface area contributed by atoms with Crippen LogP contribution in [0.1, 0.15) is 47.2 Å². The number of halogens is 13. The summed E-state index contributed by atoms with van der Waals surface area (Å²) in [6, 6.07) is 6.70. The molecule has 19 heteroatoms. The minimum atomic E-state index is -5.04. The van der Waals surface area contributed by atoms with Gasteiger partial charge in [-0.25, -0.2) is 22.0 Å². The topological polar surface area (TPSA) is 87.3 Å². The van der Waals surface area contributed by atoms with Gasteiger partial charge in [-0.1, -0.05) is 17.7 Å². The summed E-state index contributed by atoms with van der Waals surface area (Å²) in [5.74, 6) is -19.6. The SMILES string of the molecule is CC(F)(F)C(F)(F)CCC(=O)Nc1c(F)ccc(NC(=O)c2cc(NC(=O)[C@H]3[C@H](c4ccc(F)c(C(F)(F)F)c4)C3(Cl)Cl)ccc2Cl)c1F. The van der Waals surface area contributed by atoms with Crippen LogP contribution in [0.25, 0.3) is 0 Å². The predicted octanol–water partition coefficient (Wildman–Crippen LogP) is 9.56. The lowest BCUT2D eigenvalue weighted by molar-refractivity contribution is -0.201. The fourth-order valence-electron chi connectivity index (χ4n) is 4.66. The van der Waals surface area contributed by atoms with Gasteiger partial charge in [-0.05, 0) is 48.0 Å². The van der Waals surface area contributed by atoms with Crippen molar-refractivity contribution in [2.75, 3.05) is 16.0 Å². The zero-order valence-electron chi connectivity index (χ0n) is 24.3. The molecule has 49 heavy (non-hydrogen) atoms. The second-order valence-corrected chi connectivity index (χ2v) is 12.8. The number of benzene rings is 3. The van der Waals surface area contributed by atoms with Gasteiger partial charge >= 0.3 is 18.0 Å². The van der Waals surface area contributed by atoms with Crippen LogP contribution in [-0.4, -0.2) is 33.9 Å². The first kappa shape index (κ1) is 38.0. The molecule has 4 rings (SSSR count).